The maximum absolute atomic E-state index is 13.1. The fourth-order valence-corrected chi connectivity index (χ4v) is 2.61. The van der Waals surface area contributed by atoms with E-state index >= 15 is 0 Å². The Morgan fingerprint density at radius 3 is 2.48 bits per heavy atom. The lowest BCUT2D eigenvalue weighted by atomic mass is 10.0. The molecule has 1 aliphatic heterocycles. The van der Waals surface area contributed by atoms with Crippen molar-refractivity contribution >= 4 is 17.3 Å². The van der Waals surface area contributed by atoms with Crippen molar-refractivity contribution < 1.29 is 18.0 Å². The Bertz CT molecular complexity index is 523. The first-order chi connectivity index (χ1) is 9.77. The minimum atomic E-state index is -4.43. The van der Waals surface area contributed by atoms with Gasteiger partial charge in [-0.15, -0.1) is 0 Å². The van der Waals surface area contributed by atoms with Gasteiger partial charge < -0.3 is 16.0 Å². The highest BCUT2D eigenvalue weighted by Gasteiger charge is 2.35. The fourth-order valence-electron chi connectivity index (χ4n) is 2.61. The molecular formula is C14H18F3N3O. The summed E-state index contributed by atoms with van der Waals surface area (Å²) in [5.41, 5.74) is 5.00. The Morgan fingerprint density at radius 2 is 1.95 bits per heavy atom. The van der Waals surface area contributed by atoms with Crippen LogP contribution in [0.4, 0.5) is 24.5 Å². The van der Waals surface area contributed by atoms with Crippen molar-refractivity contribution in [3.63, 3.8) is 0 Å². The Hall–Kier alpha value is -1.92. The summed E-state index contributed by atoms with van der Waals surface area (Å²) in [6.45, 7) is 2.38. The molecule has 21 heavy (non-hydrogen) atoms. The average molecular weight is 301 g/mol. The van der Waals surface area contributed by atoms with Crippen LogP contribution in [0.1, 0.15) is 25.3 Å². The third kappa shape index (κ3) is 3.80. The number of benzene rings is 1. The minimum Gasteiger partial charge on any atom is -0.399 e. The predicted molar refractivity (Wildman–Crippen MR) is 74.9 cm³/mol. The number of carbonyl (C=O) groups excluding carboxylic acids is 1. The van der Waals surface area contributed by atoms with Crippen LogP contribution in [0.5, 0.6) is 0 Å². The number of nitrogens with one attached hydrogen (secondary N) is 1. The lowest BCUT2D eigenvalue weighted by molar-refractivity contribution is -0.137. The van der Waals surface area contributed by atoms with Gasteiger partial charge in [0.1, 0.15) is 0 Å². The van der Waals surface area contributed by atoms with Crippen LogP contribution in [0.15, 0.2) is 18.2 Å². The number of halogens is 3. The standard InChI is InChI=1S/C14H18F3N3O/c1-9(21)19-11-4-6-20(7-5-11)13-3-2-10(18)8-12(13)14(15,16)17/h2-3,8,11H,4-7,18H2,1H3,(H,19,21). The summed E-state index contributed by atoms with van der Waals surface area (Å²) < 4.78 is 39.3. The van der Waals surface area contributed by atoms with Crippen LogP contribution in [0.3, 0.4) is 0 Å². The van der Waals surface area contributed by atoms with Gasteiger partial charge >= 0.3 is 6.18 Å². The van der Waals surface area contributed by atoms with Gasteiger partial charge in [0.15, 0.2) is 0 Å². The smallest absolute Gasteiger partial charge is 0.399 e. The van der Waals surface area contributed by atoms with E-state index in [-0.39, 0.29) is 23.3 Å². The van der Waals surface area contributed by atoms with Gasteiger partial charge in [-0.25, -0.2) is 0 Å². The Balaban J connectivity index is 2.15. The first kappa shape index (κ1) is 15.5. The number of rotatable bonds is 2. The van der Waals surface area contributed by atoms with Gasteiger partial charge in [0.25, 0.3) is 0 Å². The first-order valence-corrected chi connectivity index (χ1v) is 6.76. The fraction of sp³-hybridized carbons (Fsp3) is 0.500. The predicted octanol–water partition coefficient (Wildman–Crippen LogP) is 2.39. The van der Waals surface area contributed by atoms with E-state index in [9.17, 15) is 18.0 Å². The molecule has 7 heteroatoms. The van der Waals surface area contributed by atoms with Crippen LogP contribution < -0.4 is 16.0 Å². The van der Waals surface area contributed by atoms with E-state index in [1.54, 1.807) is 4.90 Å². The summed E-state index contributed by atoms with van der Waals surface area (Å²) in [5, 5.41) is 2.80. The summed E-state index contributed by atoms with van der Waals surface area (Å²) >= 11 is 0. The first-order valence-electron chi connectivity index (χ1n) is 6.76. The van der Waals surface area contributed by atoms with Gasteiger partial charge in [-0.3, -0.25) is 4.79 Å². The summed E-state index contributed by atoms with van der Waals surface area (Å²) in [4.78, 5) is 12.7. The van der Waals surface area contributed by atoms with Crippen molar-refractivity contribution in [3.05, 3.63) is 23.8 Å². The van der Waals surface area contributed by atoms with E-state index in [0.29, 0.717) is 25.9 Å². The van der Waals surface area contributed by atoms with Crippen LogP contribution >= 0.6 is 0 Å². The topological polar surface area (TPSA) is 58.4 Å². The molecule has 0 aliphatic carbocycles. The van der Waals surface area contributed by atoms with Crippen molar-refractivity contribution in [2.24, 2.45) is 0 Å². The van der Waals surface area contributed by atoms with Gasteiger partial charge in [-0.2, -0.15) is 13.2 Å². The maximum atomic E-state index is 13.1. The lowest BCUT2D eigenvalue weighted by Crippen LogP contribution is -2.44. The molecule has 4 nitrogen and oxygen atoms in total. The number of carbonyl (C=O) groups is 1. The zero-order valence-electron chi connectivity index (χ0n) is 11.7. The number of nitrogens with zero attached hydrogens (tertiary/aromatic N) is 1. The van der Waals surface area contributed by atoms with E-state index in [2.05, 4.69) is 5.32 Å². The molecule has 0 spiro atoms. The molecule has 0 saturated carbocycles. The second kappa shape index (κ2) is 5.83. The molecule has 0 radical (unpaired) electrons. The van der Waals surface area contributed by atoms with E-state index in [0.717, 1.165) is 6.07 Å². The summed E-state index contributed by atoms with van der Waals surface area (Å²) in [6, 6.07) is 3.89. The van der Waals surface area contributed by atoms with Gasteiger partial charge in [0.2, 0.25) is 5.91 Å². The largest absolute Gasteiger partial charge is 0.418 e. The molecule has 2 rings (SSSR count). The van der Waals surface area contributed by atoms with Gasteiger partial charge in [0, 0.05) is 37.4 Å². The van der Waals surface area contributed by atoms with Gasteiger partial charge in [-0.1, -0.05) is 0 Å². The second-order valence-electron chi connectivity index (χ2n) is 5.24. The molecule has 1 heterocycles. The summed E-state index contributed by atoms with van der Waals surface area (Å²) in [5.74, 6) is -0.114. The molecule has 1 fully saturated rings. The molecule has 0 aromatic heterocycles. The summed E-state index contributed by atoms with van der Waals surface area (Å²) in [7, 11) is 0. The second-order valence-corrected chi connectivity index (χ2v) is 5.24. The highest BCUT2D eigenvalue weighted by molar-refractivity contribution is 5.73. The molecule has 1 aromatic rings. The minimum absolute atomic E-state index is 0.0295. The van der Waals surface area contributed by atoms with Gasteiger partial charge in [-0.05, 0) is 31.0 Å². The molecule has 1 amide bonds. The van der Waals surface area contributed by atoms with Crippen LogP contribution in [0.25, 0.3) is 0 Å². The Labute approximate surface area is 121 Å². The average Bonchev–Trinajstić information content (AvgIpc) is 2.38. The number of hydrogen-bond donors (Lipinski definition) is 2. The highest BCUT2D eigenvalue weighted by atomic mass is 19.4. The zero-order chi connectivity index (χ0) is 15.6. The zero-order valence-corrected chi connectivity index (χ0v) is 11.7. The SMILES string of the molecule is CC(=O)NC1CCN(c2ccc(N)cc2C(F)(F)F)CC1. The van der Waals surface area contributed by atoms with Crippen molar-refractivity contribution in [1.29, 1.82) is 0 Å². The Morgan fingerprint density at radius 1 is 1.33 bits per heavy atom. The van der Waals surface area contributed by atoms with E-state index < -0.39 is 11.7 Å². The van der Waals surface area contributed by atoms with Crippen LogP contribution in [0, 0.1) is 0 Å². The molecule has 116 valence electrons. The molecule has 1 aromatic carbocycles. The van der Waals surface area contributed by atoms with E-state index in [4.69, 9.17) is 5.73 Å². The third-order valence-corrected chi connectivity index (χ3v) is 3.57. The van der Waals surface area contributed by atoms with Crippen molar-refractivity contribution in [2.45, 2.75) is 32.0 Å². The number of nitrogen functional groups attached to an aromatic ring is 1. The van der Waals surface area contributed by atoms with Crippen molar-refractivity contribution in [2.75, 3.05) is 23.7 Å². The van der Waals surface area contributed by atoms with E-state index in [1.165, 1.54) is 19.1 Å². The third-order valence-electron chi connectivity index (χ3n) is 3.57. The Kier molecular flexibility index (Phi) is 4.29. The number of piperidine rings is 1. The van der Waals surface area contributed by atoms with Crippen molar-refractivity contribution in [3.8, 4) is 0 Å². The van der Waals surface area contributed by atoms with E-state index in [1.807, 2.05) is 0 Å². The lowest BCUT2D eigenvalue weighted by Gasteiger charge is -2.35. The monoisotopic (exact) mass is 301 g/mol. The normalized spacial score (nSPS) is 16.9. The van der Waals surface area contributed by atoms with Crippen LogP contribution in [0.2, 0.25) is 0 Å². The summed E-state index contributed by atoms with van der Waals surface area (Å²) in [6.07, 6.45) is -3.18. The number of alkyl halides is 3. The molecule has 1 aliphatic rings. The molecular weight excluding hydrogens is 283 g/mol. The van der Waals surface area contributed by atoms with Crippen LogP contribution in [-0.2, 0) is 11.0 Å². The molecule has 1 saturated heterocycles. The quantitative estimate of drug-likeness (QED) is 0.825. The number of amides is 1. The number of nitrogens with two attached hydrogens (primary N) is 1. The molecule has 0 bridgehead atoms. The maximum Gasteiger partial charge on any atom is 0.418 e. The molecule has 0 atom stereocenters. The van der Waals surface area contributed by atoms with Crippen molar-refractivity contribution in [1.82, 2.24) is 5.32 Å². The molecule has 0 unspecified atom stereocenters. The highest BCUT2D eigenvalue weighted by Crippen LogP contribution is 2.38. The number of anilines is 2. The molecule has 3 N–H and O–H groups in total. The number of hydrogen-bond acceptors (Lipinski definition) is 3. The van der Waals surface area contributed by atoms with Gasteiger partial charge in [0.05, 0.1) is 5.56 Å². The van der Waals surface area contributed by atoms with Crippen LogP contribution in [-0.4, -0.2) is 25.0 Å².